The Morgan fingerprint density at radius 2 is 2.06 bits per heavy atom. The molecule has 0 aromatic rings. The van der Waals surface area contributed by atoms with E-state index < -0.39 is 0 Å². The molecule has 108 valence electrons. The van der Waals surface area contributed by atoms with Crippen molar-refractivity contribution in [1.29, 1.82) is 0 Å². The average molecular weight is 260 g/mol. The molecule has 5 nitrogen and oxygen atoms in total. The standard InChI is InChI=1S/C13H28N2O3/c1-6-13(3,4)15-12(17)10(2)14-11(9-16)7-8-18-5/h10-11,14,16H,6-9H2,1-5H3,(H,15,17). The summed E-state index contributed by atoms with van der Waals surface area (Å²) in [6.07, 6.45) is 1.56. The van der Waals surface area contributed by atoms with Gasteiger partial charge in [-0.15, -0.1) is 0 Å². The van der Waals surface area contributed by atoms with E-state index in [1.165, 1.54) is 0 Å². The number of carbonyl (C=O) groups excluding carboxylic acids is 1. The summed E-state index contributed by atoms with van der Waals surface area (Å²) in [6, 6.07) is -0.444. The molecule has 0 aliphatic rings. The van der Waals surface area contributed by atoms with E-state index in [4.69, 9.17) is 4.74 Å². The zero-order valence-electron chi connectivity index (χ0n) is 12.2. The number of hydrogen-bond acceptors (Lipinski definition) is 4. The van der Waals surface area contributed by atoms with Crippen molar-refractivity contribution in [3.63, 3.8) is 0 Å². The molecule has 18 heavy (non-hydrogen) atoms. The van der Waals surface area contributed by atoms with Gasteiger partial charge in [-0.3, -0.25) is 4.79 Å². The normalized spacial score (nSPS) is 15.2. The zero-order chi connectivity index (χ0) is 14.2. The van der Waals surface area contributed by atoms with E-state index >= 15 is 0 Å². The molecule has 0 rings (SSSR count). The number of rotatable bonds is 9. The van der Waals surface area contributed by atoms with Crippen LogP contribution in [0.4, 0.5) is 0 Å². The van der Waals surface area contributed by atoms with Crippen LogP contribution in [0.5, 0.6) is 0 Å². The number of amides is 1. The second-order valence-corrected chi connectivity index (χ2v) is 5.28. The fourth-order valence-corrected chi connectivity index (χ4v) is 1.45. The first-order valence-electron chi connectivity index (χ1n) is 6.54. The minimum atomic E-state index is -0.329. The van der Waals surface area contributed by atoms with E-state index in [2.05, 4.69) is 10.6 Å². The van der Waals surface area contributed by atoms with Crippen LogP contribution in [0, 0.1) is 0 Å². The Bertz CT molecular complexity index is 244. The van der Waals surface area contributed by atoms with Gasteiger partial charge >= 0.3 is 0 Å². The van der Waals surface area contributed by atoms with Crippen molar-refractivity contribution in [2.75, 3.05) is 20.3 Å². The van der Waals surface area contributed by atoms with Gasteiger partial charge in [-0.2, -0.15) is 0 Å². The van der Waals surface area contributed by atoms with Crippen LogP contribution in [0.15, 0.2) is 0 Å². The lowest BCUT2D eigenvalue weighted by Crippen LogP contribution is -2.53. The Morgan fingerprint density at radius 1 is 1.44 bits per heavy atom. The van der Waals surface area contributed by atoms with Gasteiger partial charge in [-0.1, -0.05) is 6.92 Å². The maximum atomic E-state index is 12.0. The molecular formula is C13H28N2O3. The second kappa shape index (κ2) is 8.45. The lowest BCUT2D eigenvalue weighted by molar-refractivity contribution is -0.124. The number of ether oxygens (including phenoxy) is 1. The second-order valence-electron chi connectivity index (χ2n) is 5.28. The molecule has 2 unspecified atom stereocenters. The molecule has 0 aliphatic heterocycles. The lowest BCUT2D eigenvalue weighted by Gasteiger charge is -2.28. The molecular weight excluding hydrogens is 232 g/mol. The van der Waals surface area contributed by atoms with Crippen LogP contribution < -0.4 is 10.6 Å². The Balaban J connectivity index is 4.20. The van der Waals surface area contributed by atoms with Crippen molar-refractivity contribution in [2.24, 2.45) is 0 Å². The first-order valence-corrected chi connectivity index (χ1v) is 6.54. The summed E-state index contributed by atoms with van der Waals surface area (Å²) in [6.45, 7) is 8.38. The lowest BCUT2D eigenvalue weighted by atomic mass is 10.0. The highest BCUT2D eigenvalue weighted by Gasteiger charge is 2.23. The third-order valence-corrected chi connectivity index (χ3v) is 3.12. The van der Waals surface area contributed by atoms with Crippen LogP contribution in [0.25, 0.3) is 0 Å². The predicted molar refractivity (Wildman–Crippen MR) is 72.5 cm³/mol. The van der Waals surface area contributed by atoms with Gasteiger partial charge in [0, 0.05) is 25.3 Å². The molecule has 0 aromatic heterocycles. The van der Waals surface area contributed by atoms with Crippen molar-refractivity contribution in [2.45, 2.75) is 58.2 Å². The van der Waals surface area contributed by atoms with Crippen molar-refractivity contribution in [1.82, 2.24) is 10.6 Å². The van der Waals surface area contributed by atoms with Crippen molar-refractivity contribution >= 4 is 5.91 Å². The number of methoxy groups -OCH3 is 1. The van der Waals surface area contributed by atoms with Gasteiger partial charge in [0.05, 0.1) is 12.6 Å². The monoisotopic (exact) mass is 260 g/mol. The zero-order valence-corrected chi connectivity index (χ0v) is 12.2. The summed E-state index contributed by atoms with van der Waals surface area (Å²) in [4.78, 5) is 12.0. The van der Waals surface area contributed by atoms with Crippen molar-refractivity contribution < 1.29 is 14.6 Å². The van der Waals surface area contributed by atoms with E-state index in [0.717, 1.165) is 6.42 Å². The first kappa shape index (κ1) is 17.4. The molecule has 0 bridgehead atoms. The molecule has 0 aliphatic carbocycles. The fourth-order valence-electron chi connectivity index (χ4n) is 1.45. The predicted octanol–water partition coefficient (Wildman–Crippen LogP) is 0.667. The van der Waals surface area contributed by atoms with Crippen LogP contribution in [-0.4, -0.2) is 49.0 Å². The van der Waals surface area contributed by atoms with E-state index in [9.17, 15) is 9.90 Å². The highest BCUT2D eigenvalue weighted by Crippen LogP contribution is 2.07. The van der Waals surface area contributed by atoms with Crippen LogP contribution in [0.1, 0.15) is 40.5 Å². The summed E-state index contributed by atoms with van der Waals surface area (Å²) in [7, 11) is 1.62. The quantitative estimate of drug-likeness (QED) is 0.570. The first-order chi connectivity index (χ1) is 8.36. The van der Waals surface area contributed by atoms with Gasteiger partial charge in [0.15, 0.2) is 0 Å². The summed E-state index contributed by atoms with van der Waals surface area (Å²) in [5, 5.41) is 15.3. The van der Waals surface area contributed by atoms with Gasteiger partial charge in [-0.25, -0.2) is 0 Å². The third kappa shape index (κ3) is 6.93. The average Bonchev–Trinajstić information content (AvgIpc) is 2.33. The van der Waals surface area contributed by atoms with Gasteiger partial charge < -0.3 is 20.5 Å². The van der Waals surface area contributed by atoms with Gasteiger partial charge in [0.1, 0.15) is 0 Å². The molecule has 0 spiro atoms. The third-order valence-electron chi connectivity index (χ3n) is 3.12. The van der Waals surface area contributed by atoms with E-state index in [-0.39, 0.29) is 30.1 Å². The minimum absolute atomic E-state index is 0.00183. The largest absolute Gasteiger partial charge is 0.395 e. The molecule has 5 heteroatoms. The Morgan fingerprint density at radius 3 is 2.50 bits per heavy atom. The molecule has 0 fully saturated rings. The number of hydrogen-bond donors (Lipinski definition) is 3. The smallest absolute Gasteiger partial charge is 0.237 e. The Kier molecular flexibility index (Phi) is 8.15. The summed E-state index contributed by atoms with van der Waals surface area (Å²) >= 11 is 0. The maximum Gasteiger partial charge on any atom is 0.237 e. The molecule has 1 amide bonds. The van der Waals surface area contributed by atoms with Crippen LogP contribution >= 0.6 is 0 Å². The summed E-state index contributed by atoms with van der Waals surface area (Å²) in [5.41, 5.74) is -0.200. The molecule has 0 saturated heterocycles. The van der Waals surface area contributed by atoms with Gasteiger partial charge in [0.2, 0.25) is 5.91 Å². The van der Waals surface area contributed by atoms with Crippen LogP contribution in [-0.2, 0) is 9.53 Å². The van der Waals surface area contributed by atoms with Crippen molar-refractivity contribution in [3.8, 4) is 0 Å². The van der Waals surface area contributed by atoms with Gasteiger partial charge in [-0.05, 0) is 33.6 Å². The van der Waals surface area contributed by atoms with E-state index in [0.29, 0.717) is 13.0 Å². The summed E-state index contributed by atoms with van der Waals surface area (Å²) < 4.78 is 4.96. The molecule has 0 heterocycles. The van der Waals surface area contributed by atoms with Crippen molar-refractivity contribution in [3.05, 3.63) is 0 Å². The van der Waals surface area contributed by atoms with E-state index in [1.807, 2.05) is 20.8 Å². The molecule has 2 atom stereocenters. The highest BCUT2D eigenvalue weighted by molar-refractivity contribution is 5.82. The maximum absolute atomic E-state index is 12.0. The highest BCUT2D eigenvalue weighted by atomic mass is 16.5. The van der Waals surface area contributed by atoms with Gasteiger partial charge in [0.25, 0.3) is 0 Å². The molecule has 3 N–H and O–H groups in total. The van der Waals surface area contributed by atoms with E-state index in [1.54, 1.807) is 14.0 Å². The number of nitrogens with one attached hydrogen (secondary N) is 2. The molecule has 0 saturated carbocycles. The fraction of sp³-hybridized carbons (Fsp3) is 0.923. The van der Waals surface area contributed by atoms with Crippen LogP contribution in [0.2, 0.25) is 0 Å². The topological polar surface area (TPSA) is 70.6 Å². The Labute approximate surface area is 110 Å². The summed E-state index contributed by atoms with van der Waals surface area (Å²) in [5.74, 6) is -0.0438. The Hall–Kier alpha value is -0.650. The SMILES string of the molecule is CCC(C)(C)NC(=O)C(C)NC(CO)CCOC. The van der Waals surface area contributed by atoms with Crippen LogP contribution in [0.3, 0.4) is 0 Å². The minimum Gasteiger partial charge on any atom is -0.395 e. The molecule has 0 aromatic carbocycles. The number of aliphatic hydroxyl groups is 1. The molecule has 0 radical (unpaired) electrons. The number of aliphatic hydroxyl groups excluding tert-OH is 1. The number of carbonyl (C=O) groups is 1.